The van der Waals surface area contributed by atoms with E-state index in [2.05, 4.69) is 27.4 Å². The number of nitro groups is 1. The zero-order valence-corrected chi connectivity index (χ0v) is 19.3. The Labute approximate surface area is 206 Å². The van der Waals surface area contributed by atoms with E-state index in [-0.39, 0.29) is 35.9 Å². The average Bonchev–Trinajstić information content (AvgIpc) is 3.19. The number of nitrogens with zero attached hydrogens (tertiary/aromatic N) is 4. The molecule has 1 heterocycles. The van der Waals surface area contributed by atoms with E-state index in [0.29, 0.717) is 10.8 Å². The Morgan fingerprint density at radius 3 is 2.42 bits per heavy atom. The van der Waals surface area contributed by atoms with Gasteiger partial charge in [0.25, 0.3) is 5.69 Å². The molecule has 0 aliphatic carbocycles. The first-order chi connectivity index (χ1) is 17.1. The third-order valence-electron chi connectivity index (χ3n) is 4.59. The maximum atomic E-state index is 12.9. The molecule has 0 fully saturated rings. The van der Waals surface area contributed by atoms with Gasteiger partial charge in [0, 0.05) is 30.1 Å². The SMILES string of the molecule is C=CCn1c(CC(=O)Nc2cccc(C(F)(F)F)c2)nnc1SCC(=O)Nc1ccc([N+](=O)[O-])cc1. The monoisotopic (exact) mass is 520 g/mol. The van der Waals surface area contributed by atoms with E-state index in [1.54, 1.807) is 10.6 Å². The minimum absolute atomic E-state index is 0.0119. The van der Waals surface area contributed by atoms with Crippen molar-refractivity contribution in [3.63, 3.8) is 0 Å². The first kappa shape index (κ1) is 26.4. The van der Waals surface area contributed by atoms with E-state index in [9.17, 15) is 32.9 Å². The second-order valence-electron chi connectivity index (χ2n) is 7.24. The molecule has 2 amide bonds. The summed E-state index contributed by atoms with van der Waals surface area (Å²) in [5, 5.41) is 24.0. The fourth-order valence-electron chi connectivity index (χ4n) is 2.98. The average molecular weight is 520 g/mol. The Morgan fingerprint density at radius 2 is 1.78 bits per heavy atom. The van der Waals surface area contributed by atoms with Gasteiger partial charge in [-0.1, -0.05) is 23.9 Å². The lowest BCUT2D eigenvalue weighted by Gasteiger charge is -2.10. The van der Waals surface area contributed by atoms with Crippen LogP contribution in [0.4, 0.5) is 30.2 Å². The van der Waals surface area contributed by atoms with Gasteiger partial charge < -0.3 is 15.2 Å². The quantitative estimate of drug-likeness (QED) is 0.176. The Balaban J connectivity index is 1.61. The van der Waals surface area contributed by atoms with E-state index in [0.717, 1.165) is 23.9 Å². The molecule has 10 nitrogen and oxygen atoms in total. The van der Waals surface area contributed by atoms with Crippen LogP contribution in [0.2, 0.25) is 0 Å². The lowest BCUT2D eigenvalue weighted by atomic mass is 10.2. The van der Waals surface area contributed by atoms with Crippen LogP contribution in [0.15, 0.2) is 66.3 Å². The number of rotatable bonds is 10. The van der Waals surface area contributed by atoms with Crippen LogP contribution < -0.4 is 10.6 Å². The molecule has 0 unspecified atom stereocenters. The van der Waals surface area contributed by atoms with Crippen molar-refractivity contribution in [2.24, 2.45) is 0 Å². The van der Waals surface area contributed by atoms with Gasteiger partial charge in [-0.15, -0.1) is 16.8 Å². The molecule has 36 heavy (non-hydrogen) atoms. The van der Waals surface area contributed by atoms with Crippen molar-refractivity contribution in [3.8, 4) is 0 Å². The Morgan fingerprint density at radius 1 is 1.08 bits per heavy atom. The fraction of sp³-hybridized carbons (Fsp3) is 0.182. The summed E-state index contributed by atoms with van der Waals surface area (Å²) in [7, 11) is 0. The molecular weight excluding hydrogens is 501 g/mol. The molecule has 188 valence electrons. The number of halogens is 3. The number of nitrogens with one attached hydrogen (secondary N) is 2. The van der Waals surface area contributed by atoms with E-state index in [1.165, 1.54) is 36.4 Å². The number of amides is 2. The third kappa shape index (κ3) is 7.15. The van der Waals surface area contributed by atoms with E-state index in [1.807, 2.05) is 0 Å². The summed E-state index contributed by atoms with van der Waals surface area (Å²) >= 11 is 1.04. The van der Waals surface area contributed by atoms with Crippen molar-refractivity contribution < 1.29 is 27.7 Å². The Bertz CT molecular complexity index is 1280. The maximum Gasteiger partial charge on any atom is 0.416 e. The van der Waals surface area contributed by atoms with Gasteiger partial charge in [0.05, 0.1) is 22.7 Å². The van der Waals surface area contributed by atoms with Gasteiger partial charge in [-0.05, 0) is 30.3 Å². The number of aromatic nitrogens is 3. The second-order valence-corrected chi connectivity index (χ2v) is 8.18. The van der Waals surface area contributed by atoms with E-state index in [4.69, 9.17) is 0 Å². The number of carbonyl (C=O) groups excluding carboxylic acids is 2. The minimum Gasteiger partial charge on any atom is -0.326 e. The molecule has 0 radical (unpaired) electrons. The number of carbonyl (C=O) groups is 2. The summed E-state index contributed by atoms with van der Waals surface area (Å²) < 4.78 is 40.2. The number of benzene rings is 2. The van der Waals surface area contributed by atoms with Gasteiger partial charge >= 0.3 is 6.18 Å². The van der Waals surface area contributed by atoms with Crippen LogP contribution in [0.3, 0.4) is 0 Å². The van der Waals surface area contributed by atoms with Gasteiger partial charge in [0.15, 0.2) is 5.16 Å². The summed E-state index contributed by atoms with van der Waals surface area (Å²) in [6.45, 7) is 3.88. The molecule has 0 aliphatic rings. The normalized spacial score (nSPS) is 11.1. The van der Waals surface area contributed by atoms with Crippen molar-refractivity contribution in [2.45, 2.75) is 24.3 Å². The summed E-state index contributed by atoms with van der Waals surface area (Å²) in [4.78, 5) is 34.9. The topological polar surface area (TPSA) is 132 Å². The number of anilines is 2. The summed E-state index contributed by atoms with van der Waals surface area (Å²) in [5.74, 6) is -0.828. The van der Waals surface area contributed by atoms with Crippen molar-refractivity contribution in [1.29, 1.82) is 0 Å². The molecule has 1 aromatic heterocycles. The van der Waals surface area contributed by atoms with Gasteiger partial charge in [0.2, 0.25) is 11.8 Å². The Hall–Kier alpha value is -4.20. The predicted molar refractivity (Wildman–Crippen MR) is 126 cm³/mol. The van der Waals surface area contributed by atoms with Crippen molar-refractivity contribution in [1.82, 2.24) is 14.8 Å². The number of hydrogen-bond donors (Lipinski definition) is 2. The lowest BCUT2D eigenvalue weighted by molar-refractivity contribution is -0.384. The van der Waals surface area contributed by atoms with Gasteiger partial charge in [-0.3, -0.25) is 19.7 Å². The molecule has 3 rings (SSSR count). The molecule has 0 atom stereocenters. The molecule has 0 aliphatic heterocycles. The zero-order valence-electron chi connectivity index (χ0n) is 18.5. The molecular formula is C22H19F3N6O4S. The first-order valence-corrected chi connectivity index (χ1v) is 11.2. The fourth-order valence-corrected chi connectivity index (χ4v) is 3.75. The molecule has 0 saturated carbocycles. The number of allylic oxidation sites excluding steroid dienone is 1. The van der Waals surface area contributed by atoms with Gasteiger partial charge in [-0.25, -0.2) is 0 Å². The maximum absolute atomic E-state index is 12.9. The van der Waals surface area contributed by atoms with Gasteiger partial charge in [0.1, 0.15) is 5.82 Å². The third-order valence-corrected chi connectivity index (χ3v) is 5.56. The summed E-state index contributed by atoms with van der Waals surface area (Å²) in [5.41, 5.74) is -0.627. The highest BCUT2D eigenvalue weighted by atomic mass is 32.2. The van der Waals surface area contributed by atoms with Crippen molar-refractivity contribution in [2.75, 3.05) is 16.4 Å². The smallest absolute Gasteiger partial charge is 0.326 e. The number of alkyl halides is 3. The number of thioether (sulfide) groups is 1. The van der Waals surface area contributed by atoms with Crippen LogP contribution in [-0.2, 0) is 28.7 Å². The molecule has 14 heteroatoms. The van der Waals surface area contributed by atoms with Gasteiger partial charge in [-0.2, -0.15) is 13.2 Å². The van der Waals surface area contributed by atoms with Crippen LogP contribution >= 0.6 is 11.8 Å². The van der Waals surface area contributed by atoms with Crippen LogP contribution in [0, 0.1) is 10.1 Å². The van der Waals surface area contributed by atoms with Crippen LogP contribution in [0.5, 0.6) is 0 Å². The van der Waals surface area contributed by atoms with Crippen molar-refractivity contribution in [3.05, 3.63) is 82.7 Å². The van der Waals surface area contributed by atoms with Crippen LogP contribution in [0.25, 0.3) is 0 Å². The highest BCUT2D eigenvalue weighted by Gasteiger charge is 2.30. The lowest BCUT2D eigenvalue weighted by Crippen LogP contribution is -2.18. The standard InChI is InChI=1S/C22H19F3N6O4S/c1-2-10-30-18(12-19(32)27-16-5-3-4-14(11-16)22(23,24)25)28-29-21(30)36-13-20(33)26-15-6-8-17(9-7-15)31(34)35/h2-9,11H,1,10,12-13H2,(H,26,33)(H,27,32). The largest absolute Gasteiger partial charge is 0.416 e. The molecule has 2 N–H and O–H groups in total. The predicted octanol–water partition coefficient (Wildman–Crippen LogP) is 4.30. The van der Waals surface area contributed by atoms with Crippen LogP contribution in [0.1, 0.15) is 11.4 Å². The summed E-state index contributed by atoms with van der Waals surface area (Å²) in [6.07, 6.45) is -3.27. The molecule has 0 spiro atoms. The molecule has 0 bridgehead atoms. The van der Waals surface area contributed by atoms with Crippen molar-refractivity contribution >= 4 is 40.6 Å². The summed E-state index contributed by atoms with van der Waals surface area (Å²) in [6, 6.07) is 9.60. The van der Waals surface area contributed by atoms with E-state index >= 15 is 0 Å². The number of hydrogen-bond acceptors (Lipinski definition) is 7. The first-order valence-electron chi connectivity index (χ1n) is 10.2. The second kappa shape index (κ2) is 11.5. The molecule has 0 saturated heterocycles. The number of non-ortho nitro benzene ring substituents is 1. The molecule has 2 aromatic carbocycles. The molecule has 3 aromatic rings. The highest BCUT2D eigenvalue weighted by molar-refractivity contribution is 7.99. The van der Waals surface area contributed by atoms with E-state index < -0.39 is 28.5 Å². The minimum atomic E-state index is -4.54. The van der Waals surface area contributed by atoms with Crippen LogP contribution in [-0.4, -0.2) is 37.3 Å². The zero-order chi connectivity index (χ0) is 26.3. The Kier molecular flexibility index (Phi) is 8.42. The number of nitro benzene ring substituents is 1. The highest BCUT2D eigenvalue weighted by Crippen LogP contribution is 2.30.